The largest absolute Gasteiger partial charge is 0.496 e. The van der Waals surface area contributed by atoms with Crippen LogP contribution in [-0.2, 0) is 0 Å². The van der Waals surface area contributed by atoms with E-state index >= 15 is 0 Å². The van der Waals surface area contributed by atoms with Crippen molar-refractivity contribution in [3.8, 4) is 17.1 Å². The van der Waals surface area contributed by atoms with Gasteiger partial charge in [-0.1, -0.05) is 28.8 Å². The predicted octanol–water partition coefficient (Wildman–Crippen LogP) is 4.15. The highest BCUT2D eigenvalue weighted by Crippen LogP contribution is 2.36. The highest BCUT2D eigenvalue weighted by molar-refractivity contribution is 9.10. The van der Waals surface area contributed by atoms with Crippen LogP contribution in [0.5, 0.6) is 5.75 Å². The molecular weight excluding hydrogens is 330 g/mol. The number of halogens is 1. The van der Waals surface area contributed by atoms with Crippen LogP contribution in [-0.4, -0.2) is 17.1 Å². The van der Waals surface area contributed by atoms with Gasteiger partial charge in [0.15, 0.2) is 5.82 Å². The average molecular weight is 348 g/mol. The summed E-state index contributed by atoms with van der Waals surface area (Å²) in [6, 6.07) is 7.71. The van der Waals surface area contributed by atoms with Crippen LogP contribution in [0, 0.1) is 0 Å². The van der Waals surface area contributed by atoms with E-state index in [4.69, 9.17) is 15.5 Å². The molecule has 2 N–H and O–H groups in total. The molecule has 0 saturated heterocycles. The zero-order chi connectivity index (χ0) is 14.8. The van der Waals surface area contributed by atoms with Crippen molar-refractivity contribution in [3.63, 3.8) is 0 Å². The summed E-state index contributed by atoms with van der Waals surface area (Å²) >= 11 is 3.48. The van der Waals surface area contributed by atoms with Crippen LogP contribution in [0.4, 0.5) is 5.82 Å². The number of nitrogen functional groups attached to an aromatic ring is 1. The van der Waals surface area contributed by atoms with Gasteiger partial charge >= 0.3 is 0 Å². The van der Waals surface area contributed by atoms with Gasteiger partial charge in [0.25, 0.3) is 0 Å². The monoisotopic (exact) mass is 347 g/mol. The zero-order valence-corrected chi connectivity index (χ0v) is 13.6. The molecule has 0 unspecified atom stereocenters. The number of ether oxygens (including phenoxy) is 1. The molecule has 1 fully saturated rings. The Kier molecular flexibility index (Phi) is 4.10. The van der Waals surface area contributed by atoms with E-state index < -0.39 is 0 Å². The number of hydrogen-bond acceptors (Lipinski definition) is 4. The summed E-state index contributed by atoms with van der Waals surface area (Å²) in [5.74, 6) is 2.41. The molecule has 0 spiro atoms. The van der Waals surface area contributed by atoms with Crippen molar-refractivity contribution in [1.82, 2.24) is 9.97 Å². The molecule has 110 valence electrons. The summed E-state index contributed by atoms with van der Waals surface area (Å²) in [5, 5.41) is 0. The Morgan fingerprint density at radius 1 is 1.19 bits per heavy atom. The molecule has 0 amide bonds. The normalized spacial score (nSPS) is 15.3. The van der Waals surface area contributed by atoms with Gasteiger partial charge < -0.3 is 10.5 Å². The highest BCUT2D eigenvalue weighted by Gasteiger charge is 2.20. The van der Waals surface area contributed by atoms with E-state index in [1.807, 2.05) is 24.3 Å². The molecule has 0 radical (unpaired) electrons. The van der Waals surface area contributed by atoms with Crippen molar-refractivity contribution in [2.75, 3.05) is 12.8 Å². The molecular formula is C16H18BrN3O. The van der Waals surface area contributed by atoms with Crippen LogP contribution in [0.3, 0.4) is 0 Å². The molecule has 1 aliphatic rings. The fraction of sp³-hybridized carbons (Fsp3) is 0.375. The number of benzene rings is 1. The Morgan fingerprint density at radius 3 is 2.67 bits per heavy atom. The Bertz CT molecular complexity index is 654. The summed E-state index contributed by atoms with van der Waals surface area (Å²) in [4.78, 5) is 9.13. The summed E-state index contributed by atoms with van der Waals surface area (Å²) in [5.41, 5.74) is 7.90. The number of rotatable bonds is 3. The number of anilines is 1. The van der Waals surface area contributed by atoms with E-state index in [9.17, 15) is 0 Å². The van der Waals surface area contributed by atoms with Crippen molar-refractivity contribution >= 4 is 21.7 Å². The molecule has 21 heavy (non-hydrogen) atoms. The van der Waals surface area contributed by atoms with Crippen LogP contribution < -0.4 is 10.5 Å². The first-order valence-corrected chi connectivity index (χ1v) is 7.95. The molecule has 4 nitrogen and oxygen atoms in total. The number of hydrogen-bond donors (Lipinski definition) is 1. The van der Waals surface area contributed by atoms with E-state index in [-0.39, 0.29) is 0 Å². The second-order valence-electron chi connectivity index (χ2n) is 5.37. The standard InChI is InChI=1S/C16H18BrN3O/c1-21-14-7-6-11(17)8-12(14)16-19-13(9-15(18)20-16)10-4-2-3-5-10/h6-10H,2-5H2,1H3,(H2,18,19,20). The SMILES string of the molecule is COc1ccc(Br)cc1-c1nc(N)cc(C2CCCC2)n1. The Morgan fingerprint density at radius 2 is 1.95 bits per heavy atom. The third kappa shape index (κ3) is 3.02. The predicted molar refractivity (Wildman–Crippen MR) is 87.3 cm³/mol. The van der Waals surface area contributed by atoms with Crippen molar-refractivity contribution in [2.24, 2.45) is 0 Å². The first-order valence-electron chi connectivity index (χ1n) is 7.16. The number of methoxy groups -OCH3 is 1. The Labute approximate surface area is 132 Å². The third-order valence-electron chi connectivity index (χ3n) is 3.94. The molecule has 0 atom stereocenters. The minimum Gasteiger partial charge on any atom is -0.496 e. The van der Waals surface area contributed by atoms with Crippen LogP contribution >= 0.6 is 15.9 Å². The molecule has 5 heteroatoms. The van der Waals surface area contributed by atoms with Gasteiger partial charge in [-0.25, -0.2) is 9.97 Å². The van der Waals surface area contributed by atoms with Gasteiger partial charge in [0.2, 0.25) is 0 Å². The van der Waals surface area contributed by atoms with Gasteiger partial charge in [-0.15, -0.1) is 0 Å². The maximum Gasteiger partial charge on any atom is 0.165 e. The van der Waals surface area contributed by atoms with Crippen molar-refractivity contribution in [3.05, 3.63) is 34.4 Å². The third-order valence-corrected chi connectivity index (χ3v) is 4.43. The first kappa shape index (κ1) is 14.3. The van der Waals surface area contributed by atoms with Crippen LogP contribution in [0.25, 0.3) is 11.4 Å². The van der Waals surface area contributed by atoms with E-state index in [1.165, 1.54) is 25.7 Å². The van der Waals surface area contributed by atoms with E-state index in [2.05, 4.69) is 20.9 Å². The maximum absolute atomic E-state index is 5.99. The fourth-order valence-electron chi connectivity index (χ4n) is 2.89. The van der Waals surface area contributed by atoms with Crippen LogP contribution in [0.15, 0.2) is 28.7 Å². The van der Waals surface area contributed by atoms with E-state index in [1.54, 1.807) is 7.11 Å². The van der Waals surface area contributed by atoms with Crippen LogP contribution in [0.2, 0.25) is 0 Å². The van der Waals surface area contributed by atoms with E-state index in [0.29, 0.717) is 17.6 Å². The molecule has 1 heterocycles. The fourth-order valence-corrected chi connectivity index (χ4v) is 3.25. The van der Waals surface area contributed by atoms with Gasteiger partial charge in [-0.05, 0) is 31.0 Å². The molecule has 0 bridgehead atoms. The summed E-state index contributed by atoms with van der Waals surface area (Å²) in [6.07, 6.45) is 4.91. The Hall–Kier alpha value is -1.62. The zero-order valence-electron chi connectivity index (χ0n) is 12.0. The second kappa shape index (κ2) is 6.02. The second-order valence-corrected chi connectivity index (χ2v) is 6.28. The molecule has 1 aliphatic carbocycles. The number of aromatic nitrogens is 2. The summed E-state index contributed by atoms with van der Waals surface area (Å²) < 4.78 is 6.38. The number of nitrogens with two attached hydrogens (primary N) is 1. The first-order chi connectivity index (χ1) is 10.2. The lowest BCUT2D eigenvalue weighted by Crippen LogP contribution is -2.04. The summed E-state index contributed by atoms with van der Waals surface area (Å²) in [7, 11) is 1.65. The van der Waals surface area contributed by atoms with E-state index in [0.717, 1.165) is 21.5 Å². The molecule has 3 rings (SSSR count). The van der Waals surface area contributed by atoms with Gasteiger partial charge in [0.1, 0.15) is 11.6 Å². The minimum absolute atomic E-state index is 0.507. The smallest absolute Gasteiger partial charge is 0.165 e. The minimum atomic E-state index is 0.507. The topological polar surface area (TPSA) is 61.0 Å². The van der Waals surface area contributed by atoms with Gasteiger partial charge in [-0.3, -0.25) is 0 Å². The van der Waals surface area contributed by atoms with Crippen LogP contribution in [0.1, 0.15) is 37.3 Å². The van der Waals surface area contributed by atoms with Gasteiger partial charge in [-0.2, -0.15) is 0 Å². The lowest BCUT2D eigenvalue weighted by molar-refractivity contribution is 0.416. The highest BCUT2D eigenvalue weighted by atomic mass is 79.9. The van der Waals surface area contributed by atoms with Crippen molar-refractivity contribution < 1.29 is 4.74 Å². The molecule has 0 aliphatic heterocycles. The maximum atomic E-state index is 5.99. The van der Waals surface area contributed by atoms with Gasteiger partial charge in [0.05, 0.1) is 12.7 Å². The summed E-state index contributed by atoms with van der Waals surface area (Å²) in [6.45, 7) is 0. The average Bonchev–Trinajstić information content (AvgIpc) is 3.01. The molecule has 1 aromatic carbocycles. The quantitative estimate of drug-likeness (QED) is 0.905. The lowest BCUT2D eigenvalue weighted by atomic mass is 10.0. The lowest BCUT2D eigenvalue weighted by Gasteiger charge is -2.13. The van der Waals surface area contributed by atoms with Gasteiger partial charge in [0, 0.05) is 22.2 Å². The van der Waals surface area contributed by atoms with Crippen molar-refractivity contribution in [2.45, 2.75) is 31.6 Å². The molecule has 2 aromatic rings. The Balaban J connectivity index is 2.07. The molecule has 1 aromatic heterocycles. The molecule has 1 saturated carbocycles. The van der Waals surface area contributed by atoms with Crippen molar-refractivity contribution in [1.29, 1.82) is 0 Å². The number of nitrogens with zero attached hydrogens (tertiary/aromatic N) is 2.